The molecule has 0 heterocycles. The van der Waals surface area contributed by atoms with Crippen LogP contribution >= 0.6 is 0 Å². The first-order valence-electron chi connectivity index (χ1n) is 9.93. The third kappa shape index (κ3) is 6.38. The Balaban J connectivity index is 2.58. The Labute approximate surface area is 187 Å². The Kier molecular flexibility index (Phi) is 8.89. The minimum absolute atomic E-state index is 0.130. The van der Waals surface area contributed by atoms with Crippen LogP contribution in [-0.4, -0.2) is 44.8 Å². The van der Waals surface area contributed by atoms with Crippen molar-refractivity contribution in [2.45, 2.75) is 20.3 Å². The third-order valence-corrected chi connectivity index (χ3v) is 4.59. The van der Waals surface area contributed by atoms with E-state index in [-0.39, 0.29) is 22.8 Å². The lowest BCUT2D eigenvalue weighted by molar-refractivity contribution is -0.139. The van der Waals surface area contributed by atoms with Gasteiger partial charge in [0.15, 0.2) is 12.4 Å². The van der Waals surface area contributed by atoms with Gasteiger partial charge in [0, 0.05) is 11.6 Å². The summed E-state index contributed by atoms with van der Waals surface area (Å²) in [5.74, 6) is -0.0432. The maximum atomic E-state index is 13.2. The van der Waals surface area contributed by atoms with E-state index in [1.165, 1.54) is 20.3 Å². The maximum Gasteiger partial charge on any atom is 0.341 e. The molecule has 170 valence electrons. The summed E-state index contributed by atoms with van der Waals surface area (Å²) in [6, 6.07) is 8.82. The second-order valence-electron chi connectivity index (χ2n) is 7.10. The highest BCUT2D eigenvalue weighted by Gasteiger charge is 2.25. The fourth-order valence-electron chi connectivity index (χ4n) is 2.99. The lowest BCUT2D eigenvalue weighted by atomic mass is 9.98. The first kappa shape index (κ1) is 24.5. The number of carbonyl (C=O) groups is 2. The molecular weight excluding hydrogens is 412 g/mol. The second-order valence-corrected chi connectivity index (χ2v) is 7.10. The largest absolute Gasteiger partial charge is 0.497 e. The molecule has 0 radical (unpaired) electrons. The van der Waals surface area contributed by atoms with E-state index >= 15 is 0 Å². The number of benzene rings is 2. The molecule has 0 saturated heterocycles. The van der Waals surface area contributed by atoms with Gasteiger partial charge in [-0.25, -0.2) is 4.79 Å². The fourth-order valence-corrected chi connectivity index (χ4v) is 2.99. The summed E-state index contributed by atoms with van der Waals surface area (Å²) in [7, 11) is 4.50. The summed E-state index contributed by atoms with van der Waals surface area (Å²) in [4.78, 5) is 24.4. The molecule has 0 spiro atoms. The van der Waals surface area contributed by atoms with Crippen LogP contribution in [-0.2, 0) is 11.2 Å². The van der Waals surface area contributed by atoms with Crippen molar-refractivity contribution in [1.29, 1.82) is 0 Å². The number of carboxylic acids is 1. The average molecular weight is 440 g/mol. The second kappa shape index (κ2) is 11.6. The molecule has 0 unspecified atom stereocenters. The molecule has 1 N–H and O–H groups in total. The number of carbonyl (C=O) groups excluding carboxylic acids is 1. The Morgan fingerprint density at radius 3 is 2.16 bits per heavy atom. The van der Waals surface area contributed by atoms with Crippen molar-refractivity contribution in [2.75, 3.05) is 27.9 Å². The number of hydrogen-bond donors (Lipinski definition) is 1. The van der Waals surface area contributed by atoms with Gasteiger partial charge in [-0.3, -0.25) is 4.79 Å². The molecule has 0 aliphatic heterocycles. The number of carboxylic acid groups (broad SMARTS) is 1. The van der Waals surface area contributed by atoms with Gasteiger partial charge in [0.05, 0.1) is 21.3 Å². The van der Waals surface area contributed by atoms with Gasteiger partial charge in [0.25, 0.3) is 0 Å². The van der Waals surface area contributed by atoms with Gasteiger partial charge in [-0.2, -0.15) is 0 Å². The molecule has 0 aromatic heterocycles. The van der Waals surface area contributed by atoms with Crippen molar-refractivity contribution in [3.8, 4) is 23.0 Å². The molecule has 0 fully saturated rings. The number of rotatable bonds is 11. The van der Waals surface area contributed by atoms with Gasteiger partial charge >= 0.3 is 5.97 Å². The average Bonchev–Trinajstić information content (AvgIpc) is 2.79. The highest BCUT2D eigenvalue weighted by Crippen LogP contribution is 2.40. The summed E-state index contributed by atoms with van der Waals surface area (Å²) in [6.45, 7) is 3.27. The number of allylic oxidation sites excluding steroid dienone is 3. The molecule has 0 aliphatic rings. The zero-order valence-electron chi connectivity index (χ0n) is 18.9. The summed E-state index contributed by atoms with van der Waals surface area (Å²) in [5, 5.41) is 9.15. The van der Waals surface area contributed by atoms with E-state index in [1.54, 1.807) is 31.4 Å². The molecule has 0 saturated carbocycles. The van der Waals surface area contributed by atoms with Crippen LogP contribution in [0.3, 0.4) is 0 Å². The van der Waals surface area contributed by atoms with E-state index in [0.29, 0.717) is 23.5 Å². The number of aliphatic carboxylic acids is 1. The number of ketones is 1. The highest BCUT2D eigenvalue weighted by atomic mass is 16.5. The van der Waals surface area contributed by atoms with E-state index < -0.39 is 12.6 Å². The van der Waals surface area contributed by atoms with Crippen molar-refractivity contribution in [3.63, 3.8) is 0 Å². The normalized spacial score (nSPS) is 10.5. The Morgan fingerprint density at radius 1 is 0.969 bits per heavy atom. The van der Waals surface area contributed by atoms with E-state index in [1.807, 2.05) is 32.1 Å². The predicted molar refractivity (Wildman–Crippen MR) is 122 cm³/mol. The molecule has 0 aliphatic carbocycles. The molecule has 0 atom stereocenters. The van der Waals surface area contributed by atoms with Gasteiger partial charge in [0.2, 0.25) is 0 Å². The van der Waals surface area contributed by atoms with Gasteiger partial charge in [0.1, 0.15) is 28.6 Å². The molecule has 2 aromatic carbocycles. The van der Waals surface area contributed by atoms with Gasteiger partial charge in [-0.1, -0.05) is 29.9 Å². The SMILES string of the molecule is COc1ccc(/C=C/C(=O)c2c(OC)cc(OC)c(CC=C(C)C)c2OCC(=O)O)cc1. The van der Waals surface area contributed by atoms with E-state index in [9.17, 15) is 9.59 Å². The lowest BCUT2D eigenvalue weighted by Gasteiger charge is -2.19. The van der Waals surface area contributed by atoms with Crippen LogP contribution in [0.15, 0.2) is 48.1 Å². The molecule has 32 heavy (non-hydrogen) atoms. The van der Waals surface area contributed by atoms with E-state index in [4.69, 9.17) is 24.1 Å². The molecule has 2 rings (SSSR count). The molecule has 7 heteroatoms. The van der Waals surface area contributed by atoms with Crippen molar-refractivity contribution in [2.24, 2.45) is 0 Å². The summed E-state index contributed by atoms with van der Waals surface area (Å²) in [6.07, 6.45) is 5.39. The Bertz CT molecular complexity index is 1010. The van der Waals surface area contributed by atoms with Crippen LogP contribution in [0.1, 0.15) is 35.3 Å². The fraction of sp³-hybridized carbons (Fsp3) is 0.280. The molecule has 2 aromatic rings. The molecule has 7 nitrogen and oxygen atoms in total. The van der Waals surface area contributed by atoms with Crippen LogP contribution in [0, 0.1) is 0 Å². The zero-order valence-corrected chi connectivity index (χ0v) is 18.9. The standard InChI is InChI=1S/C25H28O7/c1-16(2)6-12-19-21(30-4)14-22(31-5)24(25(19)32-15-23(27)28)20(26)13-9-17-7-10-18(29-3)11-8-17/h6-11,13-14H,12,15H2,1-5H3,(H,27,28)/b13-9+. The van der Waals surface area contributed by atoms with Crippen molar-refractivity contribution >= 4 is 17.8 Å². The smallest absolute Gasteiger partial charge is 0.341 e. The van der Waals surface area contributed by atoms with Gasteiger partial charge < -0.3 is 24.1 Å². The van der Waals surface area contributed by atoms with Crippen LogP contribution < -0.4 is 18.9 Å². The first-order chi connectivity index (χ1) is 15.3. The maximum absolute atomic E-state index is 13.2. The van der Waals surface area contributed by atoms with Crippen LogP contribution in [0.4, 0.5) is 0 Å². The summed E-state index contributed by atoms with van der Waals surface area (Å²) >= 11 is 0. The van der Waals surface area contributed by atoms with E-state index in [2.05, 4.69) is 0 Å². The summed E-state index contributed by atoms with van der Waals surface area (Å²) in [5.41, 5.74) is 2.55. The van der Waals surface area contributed by atoms with E-state index in [0.717, 1.165) is 11.1 Å². The van der Waals surface area contributed by atoms with Gasteiger partial charge in [-0.05, 0) is 44.0 Å². The zero-order chi connectivity index (χ0) is 23.7. The van der Waals surface area contributed by atoms with Gasteiger partial charge in [-0.15, -0.1) is 0 Å². The molecule has 0 bridgehead atoms. The highest BCUT2D eigenvalue weighted by molar-refractivity contribution is 6.11. The minimum atomic E-state index is -1.16. The Morgan fingerprint density at radius 2 is 1.62 bits per heavy atom. The molecular formula is C25H28O7. The number of methoxy groups -OCH3 is 3. The quantitative estimate of drug-likeness (QED) is 0.311. The van der Waals surface area contributed by atoms with Crippen LogP contribution in [0.5, 0.6) is 23.0 Å². The van der Waals surface area contributed by atoms with Crippen molar-refractivity contribution in [3.05, 3.63) is 64.7 Å². The Hall–Kier alpha value is -3.74. The third-order valence-electron chi connectivity index (χ3n) is 4.59. The van der Waals surface area contributed by atoms with Crippen LogP contribution in [0.2, 0.25) is 0 Å². The predicted octanol–water partition coefficient (Wildman–Crippen LogP) is 4.58. The minimum Gasteiger partial charge on any atom is -0.497 e. The lowest BCUT2D eigenvalue weighted by Crippen LogP contribution is -2.14. The summed E-state index contributed by atoms with van der Waals surface area (Å²) < 4.78 is 21.6. The number of ether oxygens (including phenoxy) is 4. The number of hydrogen-bond acceptors (Lipinski definition) is 6. The molecule has 0 amide bonds. The van der Waals surface area contributed by atoms with Crippen LogP contribution in [0.25, 0.3) is 6.08 Å². The van der Waals surface area contributed by atoms with Crippen molar-refractivity contribution < 1.29 is 33.6 Å². The topological polar surface area (TPSA) is 91.3 Å². The monoisotopic (exact) mass is 440 g/mol. The first-order valence-corrected chi connectivity index (χ1v) is 9.93. The van der Waals surface area contributed by atoms with Crippen molar-refractivity contribution in [1.82, 2.24) is 0 Å².